The first-order valence-electron chi connectivity index (χ1n) is 7.88. The molecule has 26 heavy (non-hydrogen) atoms. The fourth-order valence-electron chi connectivity index (χ4n) is 2.08. The molecule has 0 aliphatic carbocycles. The van der Waals surface area contributed by atoms with Gasteiger partial charge in [0.15, 0.2) is 0 Å². The molecule has 0 aliphatic rings. The van der Waals surface area contributed by atoms with Crippen LogP contribution in [0.1, 0.15) is 0 Å². The number of anilines is 2. The molecule has 0 N–H and O–H groups in total. The predicted molar refractivity (Wildman–Crippen MR) is 98.4 cm³/mol. The molecule has 0 unspecified atom stereocenters. The minimum Gasteiger partial charge on any atom is -0.403 e. The average Bonchev–Trinajstić information content (AvgIpc) is 2.63. The molecule has 0 atom stereocenters. The zero-order valence-electron chi connectivity index (χ0n) is 15.0. The second-order valence-corrected chi connectivity index (χ2v) is 5.87. The summed E-state index contributed by atoms with van der Waals surface area (Å²) < 4.78 is 6.95. The van der Waals surface area contributed by atoms with Crippen molar-refractivity contribution >= 4 is 11.9 Å². The van der Waals surface area contributed by atoms with Crippen LogP contribution in [0.5, 0.6) is 11.9 Å². The molecule has 0 aliphatic heterocycles. The Morgan fingerprint density at radius 1 is 0.846 bits per heavy atom. The molecule has 2 heterocycles. The molecule has 1 aromatic carbocycles. The number of hydrogen-bond acceptors (Lipinski definition) is 8. The number of aromatic nitrogens is 5. The number of ether oxygens (including phenoxy) is 1. The fraction of sp³-hybridized carbons (Fsp3) is 0.235. The molecule has 0 saturated heterocycles. The van der Waals surface area contributed by atoms with Crippen molar-refractivity contribution in [3.05, 3.63) is 52.8 Å². The van der Waals surface area contributed by atoms with E-state index >= 15 is 0 Å². The van der Waals surface area contributed by atoms with Gasteiger partial charge in [0.2, 0.25) is 17.8 Å². The number of nitrogens with zero attached hydrogens (tertiary/aromatic N) is 7. The van der Waals surface area contributed by atoms with Gasteiger partial charge < -0.3 is 14.5 Å². The Labute approximate surface area is 150 Å². The monoisotopic (exact) mass is 353 g/mol. The van der Waals surface area contributed by atoms with Gasteiger partial charge in [-0.3, -0.25) is 4.79 Å². The Hall–Kier alpha value is -3.49. The van der Waals surface area contributed by atoms with Crippen molar-refractivity contribution < 1.29 is 4.74 Å². The number of para-hydroxylation sites is 1. The standard InChI is InChI=1S/C17H19N7O2/c1-22(2)15-18-16(23(3)4)20-17(19-15)26-13-10-11-14(25)24(21-13)12-8-6-5-7-9-12/h5-11H,1-4H3. The minimum atomic E-state index is -0.262. The Bertz CT molecular complexity index is 929. The largest absolute Gasteiger partial charge is 0.403 e. The summed E-state index contributed by atoms with van der Waals surface area (Å²) in [5.74, 6) is 1.11. The molecule has 3 rings (SSSR count). The van der Waals surface area contributed by atoms with Crippen molar-refractivity contribution in [2.75, 3.05) is 38.0 Å². The second-order valence-electron chi connectivity index (χ2n) is 5.87. The third-order valence-electron chi connectivity index (χ3n) is 3.36. The van der Waals surface area contributed by atoms with Crippen molar-refractivity contribution in [3.8, 4) is 17.6 Å². The Balaban J connectivity index is 1.98. The average molecular weight is 353 g/mol. The quantitative estimate of drug-likeness (QED) is 0.679. The normalized spacial score (nSPS) is 10.5. The third-order valence-corrected chi connectivity index (χ3v) is 3.36. The van der Waals surface area contributed by atoms with Crippen LogP contribution < -0.4 is 20.1 Å². The Morgan fingerprint density at radius 2 is 1.46 bits per heavy atom. The maximum atomic E-state index is 12.1. The molecule has 0 saturated carbocycles. The van der Waals surface area contributed by atoms with E-state index in [0.717, 1.165) is 0 Å². The van der Waals surface area contributed by atoms with Crippen LogP contribution in [-0.4, -0.2) is 52.9 Å². The lowest BCUT2D eigenvalue weighted by Gasteiger charge is -2.16. The summed E-state index contributed by atoms with van der Waals surface area (Å²) in [5.41, 5.74) is 0.378. The Kier molecular flexibility index (Phi) is 4.78. The minimum absolute atomic E-state index is 0.0955. The van der Waals surface area contributed by atoms with Gasteiger partial charge in [0.25, 0.3) is 5.56 Å². The highest BCUT2D eigenvalue weighted by Crippen LogP contribution is 2.19. The van der Waals surface area contributed by atoms with E-state index in [4.69, 9.17) is 4.74 Å². The summed E-state index contributed by atoms with van der Waals surface area (Å²) in [6, 6.07) is 12.1. The lowest BCUT2D eigenvalue weighted by Crippen LogP contribution is -2.21. The van der Waals surface area contributed by atoms with Crippen LogP contribution in [0.4, 0.5) is 11.9 Å². The maximum Gasteiger partial charge on any atom is 0.330 e. The van der Waals surface area contributed by atoms with Crippen molar-refractivity contribution in [3.63, 3.8) is 0 Å². The third kappa shape index (κ3) is 3.77. The highest BCUT2D eigenvalue weighted by atomic mass is 16.5. The lowest BCUT2D eigenvalue weighted by molar-refractivity contribution is 0.411. The van der Waals surface area contributed by atoms with Crippen LogP contribution >= 0.6 is 0 Å². The van der Waals surface area contributed by atoms with E-state index < -0.39 is 0 Å². The molecule has 9 heteroatoms. The van der Waals surface area contributed by atoms with Crippen LogP contribution in [0.3, 0.4) is 0 Å². The highest BCUT2D eigenvalue weighted by Gasteiger charge is 2.13. The molecule has 0 spiro atoms. The smallest absolute Gasteiger partial charge is 0.330 e. The SMILES string of the molecule is CN(C)c1nc(Oc2ccc(=O)n(-c3ccccc3)n2)nc(N(C)C)n1. The predicted octanol–water partition coefficient (Wildman–Crippen LogP) is 1.34. The first-order valence-corrected chi connectivity index (χ1v) is 7.88. The van der Waals surface area contributed by atoms with Crippen molar-refractivity contribution in [1.82, 2.24) is 24.7 Å². The summed E-state index contributed by atoms with van der Waals surface area (Å²) in [7, 11) is 7.30. The van der Waals surface area contributed by atoms with Gasteiger partial charge in [0, 0.05) is 40.3 Å². The summed E-state index contributed by atoms with van der Waals surface area (Å²) >= 11 is 0. The van der Waals surface area contributed by atoms with Gasteiger partial charge in [-0.05, 0) is 12.1 Å². The van der Waals surface area contributed by atoms with E-state index in [-0.39, 0.29) is 17.4 Å². The number of rotatable bonds is 5. The van der Waals surface area contributed by atoms with E-state index in [1.807, 2.05) is 46.4 Å². The maximum absolute atomic E-state index is 12.1. The van der Waals surface area contributed by atoms with Crippen LogP contribution in [0.2, 0.25) is 0 Å². The van der Waals surface area contributed by atoms with Crippen LogP contribution in [-0.2, 0) is 0 Å². The van der Waals surface area contributed by atoms with Gasteiger partial charge in [-0.25, -0.2) is 0 Å². The number of hydrogen-bond donors (Lipinski definition) is 0. The highest BCUT2D eigenvalue weighted by molar-refractivity contribution is 5.38. The van der Waals surface area contributed by atoms with Crippen molar-refractivity contribution in [1.29, 1.82) is 0 Å². The number of benzene rings is 1. The lowest BCUT2D eigenvalue weighted by atomic mass is 10.3. The van der Waals surface area contributed by atoms with E-state index in [9.17, 15) is 4.79 Å². The van der Waals surface area contributed by atoms with E-state index in [0.29, 0.717) is 17.6 Å². The molecule has 134 valence electrons. The molecule has 2 aromatic heterocycles. The van der Waals surface area contributed by atoms with Gasteiger partial charge in [0.1, 0.15) is 0 Å². The zero-order chi connectivity index (χ0) is 18.7. The molecule has 0 bridgehead atoms. The van der Waals surface area contributed by atoms with E-state index in [1.165, 1.54) is 16.8 Å². The second kappa shape index (κ2) is 7.18. The first-order chi connectivity index (χ1) is 12.4. The zero-order valence-corrected chi connectivity index (χ0v) is 15.0. The Morgan fingerprint density at radius 3 is 2.04 bits per heavy atom. The first kappa shape index (κ1) is 17.3. The van der Waals surface area contributed by atoms with Crippen LogP contribution in [0, 0.1) is 0 Å². The van der Waals surface area contributed by atoms with E-state index in [1.54, 1.807) is 21.9 Å². The molecular weight excluding hydrogens is 334 g/mol. The molecule has 3 aromatic rings. The molecule has 9 nitrogen and oxygen atoms in total. The summed E-state index contributed by atoms with van der Waals surface area (Å²) in [6.45, 7) is 0. The van der Waals surface area contributed by atoms with Gasteiger partial charge in [-0.1, -0.05) is 18.2 Å². The molecular formula is C17H19N7O2. The van der Waals surface area contributed by atoms with Gasteiger partial charge in [-0.2, -0.15) is 19.6 Å². The van der Waals surface area contributed by atoms with Crippen molar-refractivity contribution in [2.45, 2.75) is 0 Å². The van der Waals surface area contributed by atoms with Crippen LogP contribution in [0.25, 0.3) is 5.69 Å². The van der Waals surface area contributed by atoms with Crippen molar-refractivity contribution in [2.24, 2.45) is 0 Å². The summed E-state index contributed by atoms with van der Waals surface area (Å²) in [4.78, 5) is 28.5. The van der Waals surface area contributed by atoms with Gasteiger partial charge in [-0.15, -0.1) is 5.10 Å². The summed E-state index contributed by atoms with van der Waals surface area (Å²) in [6.07, 6.45) is 0. The summed E-state index contributed by atoms with van der Waals surface area (Å²) in [5, 5.41) is 4.24. The molecule has 0 amide bonds. The van der Waals surface area contributed by atoms with E-state index in [2.05, 4.69) is 20.1 Å². The van der Waals surface area contributed by atoms with Gasteiger partial charge >= 0.3 is 6.01 Å². The fourth-order valence-corrected chi connectivity index (χ4v) is 2.08. The van der Waals surface area contributed by atoms with Gasteiger partial charge in [0.05, 0.1) is 5.69 Å². The van der Waals surface area contributed by atoms with Crippen LogP contribution in [0.15, 0.2) is 47.3 Å². The molecule has 0 radical (unpaired) electrons. The topological polar surface area (TPSA) is 89.3 Å². The molecule has 0 fully saturated rings.